The van der Waals surface area contributed by atoms with Gasteiger partial charge in [-0.25, -0.2) is 14.4 Å². The Balaban J connectivity index is 1.48. The SMILES string of the molecule is CN(C=O)/N=c1/cc(N2CC3CC3c3cc(C(=O)N4CCCC(F)C4)cnc32)ccn1C. The maximum absolute atomic E-state index is 13.8. The number of nitrogens with zero attached hydrogens (tertiary/aromatic N) is 6. The molecule has 2 aromatic heterocycles. The molecule has 1 saturated heterocycles. The minimum Gasteiger partial charge on any atom is -0.336 e. The van der Waals surface area contributed by atoms with E-state index in [0.29, 0.717) is 48.7 Å². The molecule has 0 spiro atoms. The topological polar surface area (TPSA) is 74.0 Å². The highest BCUT2D eigenvalue weighted by Gasteiger charge is 2.46. The van der Waals surface area contributed by atoms with Gasteiger partial charge in [0, 0.05) is 51.3 Å². The Morgan fingerprint density at radius 3 is 2.97 bits per heavy atom. The van der Waals surface area contributed by atoms with Crippen molar-refractivity contribution in [1.82, 2.24) is 19.5 Å². The summed E-state index contributed by atoms with van der Waals surface area (Å²) < 4.78 is 15.7. The molecule has 3 atom stereocenters. The van der Waals surface area contributed by atoms with Crippen LogP contribution in [0.4, 0.5) is 15.9 Å². The van der Waals surface area contributed by atoms with Gasteiger partial charge in [0.15, 0.2) is 5.49 Å². The predicted molar refractivity (Wildman–Crippen MR) is 117 cm³/mol. The number of anilines is 2. The maximum Gasteiger partial charge on any atom is 0.255 e. The second kappa shape index (κ2) is 8.03. The summed E-state index contributed by atoms with van der Waals surface area (Å²) >= 11 is 0. The minimum atomic E-state index is -0.945. The quantitative estimate of drug-likeness (QED) is 0.542. The fourth-order valence-electron chi connectivity index (χ4n) is 4.76. The molecule has 2 aliphatic heterocycles. The van der Waals surface area contributed by atoms with E-state index in [9.17, 15) is 14.0 Å². The maximum atomic E-state index is 13.8. The van der Waals surface area contributed by atoms with Crippen molar-refractivity contribution in [3.05, 3.63) is 47.2 Å². The highest BCUT2D eigenvalue weighted by atomic mass is 19.1. The van der Waals surface area contributed by atoms with Crippen molar-refractivity contribution in [2.24, 2.45) is 18.1 Å². The first-order valence-corrected chi connectivity index (χ1v) is 11.0. The lowest BCUT2D eigenvalue weighted by molar-refractivity contribution is -0.117. The van der Waals surface area contributed by atoms with Crippen LogP contribution in [-0.2, 0) is 11.8 Å². The zero-order valence-corrected chi connectivity index (χ0v) is 18.3. The second-order valence-corrected chi connectivity index (χ2v) is 8.97. The minimum absolute atomic E-state index is 0.137. The number of aryl methyl sites for hydroxylation is 1. The molecule has 0 radical (unpaired) electrons. The molecule has 0 bridgehead atoms. The molecule has 5 rings (SSSR count). The van der Waals surface area contributed by atoms with Gasteiger partial charge in [-0.1, -0.05) is 0 Å². The van der Waals surface area contributed by atoms with Crippen LogP contribution < -0.4 is 10.4 Å². The molecule has 168 valence electrons. The summed E-state index contributed by atoms with van der Waals surface area (Å²) in [4.78, 5) is 32.4. The number of pyridine rings is 2. The first-order chi connectivity index (χ1) is 15.4. The molecule has 2 fully saturated rings. The number of likely N-dealkylation sites (tertiary alicyclic amines) is 1. The number of fused-ring (bicyclic) bond motifs is 3. The third-order valence-corrected chi connectivity index (χ3v) is 6.62. The highest BCUT2D eigenvalue weighted by Crippen LogP contribution is 2.55. The van der Waals surface area contributed by atoms with E-state index in [1.807, 2.05) is 36.0 Å². The van der Waals surface area contributed by atoms with Gasteiger partial charge in [-0.15, -0.1) is 0 Å². The Hall–Kier alpha value is -3.23. The Morgan fingerprint density at radius 1 is 1.34 bits per heavy atom. The van der Waals surface area contributed by atoms with Gasteiger partial charge in [-0.3, -0.25) is 9.59 Å². The van der Waals surface area contributed by atoms with E-state index < -0.39 is 6.17 Å². The number of piperidine rings is 1. The molecule has 0 aromatic carbocycles. The van der Waals surface area contributed by atoms with Crippen LogP contribution in [0.15, 0.2) is 35.7 Å². The monoisotopic (exact) mass is 438 g/mol. The number of carbonyl (C=O) groups excluding carboxylic acids is 2. The van der Waals surface area contributed by atoms with Gasteiger partial charge >= 0.3 is 0 Å². The summed E-state index contributed by atoms with van der Waals surface area (Å²) in [6.45, 7) is 1.61. The molecule has 4 heterocycles. The van der Waals surface area contributed by atoms with Crippen LogP contribution in [0.3, 0.4) is 0 Å². The van der Waals surface area contributed by atoms with E-state index in [1.165, 1.54) is 5.01 Å². The summed E-state index contributed by atoms with van der Waals surface area (Å²) in [6, 6.07) is 5.89. The lowest BCUT2D eigenvalue weighted by atomic mass is 10.0. The van der Waals surface area contributed by atoms with E-state index in [1.54, 1.807) is 18.1 Å². The van der Waals surface area contributed by atoms with E-state index >= 15 is 0 Å². The first kappa shape index (κ1) is 20.7. The molecule has 2 aromatic rings. The number of amides is 2. The smallest absolute Gasteiger partial charge is 0.255 e. The Kier molecular flexibility index (Phi) is 5.19. The van der Waals surface area contributed by atoms with E-state index in [0.717, 1.165) is 30.0 Å². The Bertz CT molecular complexity index is 1130. The summed E-state index contributed by atoms with van der Waals surface area (Å²) in [7, 11) is 3.47. The highest BCUT2D eigenvalue weighted by molar-refractivity contribution is 5.94. The first-order valence-electron chi connectivity index (χ1n) is 11.0. The van der Waals surface area contributed by atoms with Crippen molar-refractivity contribution in [2.75, 3.05) is 31.6 Å². The summed E-state index contributed by atoms with van der Waals surface area (Å²) in [5.74, 6) is 1.65. The summed E-state index contributed by atoms with van der Waals surface area (Å²) in [6.07, 6.45) is 5.54. The lowest BCUT2D eigenvalue weighted by Gasteiger charge is -2.31. The van der Waals surface area contributed by atoms with E-state index in [2.05, 4.69) is 10.0 Å². The van der Waals surface area contributed by atoms with Crippen LogP contribution in [0.2, 0.25) is 0 Å². The summed E-state index contributed by atoms with van der Waals surface area (Å²) in [5, 5.41) is 5.55. The number of hydrogen-bond donors (Lipinski definition) is 0. The van der Waals surface area contributed by atoms with Gasteiger partial charge < -0.3 is 14.4 Å². The van der Waals surface area contributed by atoms with Crippen molar-refractivity contribution in [2.45, 2.75) is 31.4 Å². The third-order valence-electron chi connectivity index (χ3n) is 6.62. The molecule has 3 aliphatic rings. The average Bonchev–Trinajstić information content (AvgIpc) is 3.59. The van der Waals surface area contributed by atoms with Crippen molar-refractivity contribution in [1.29, 1.82) is 0 Å². The van der Waals surface area contributed by atoms with E-state index in [-0.39, 0.29) is 12.5 Å². The summed E-state index contributed by atoms with van der Waals surface area (Å²) in [5.41, 5.74) is 3.20. The standard InChI is InChI=1S/C23H27FN6O2/c1-27-7-5-18(10-21(27)26-28(2)14-31)30-12-16-9-19(16)20-8-15(11-25-22(20)30)23(32)29-6-3-4-17(24)13-29/h5,7-8,10-11,14,16-17,19H,3-4,6,9,12-13H2,1-2H3/b26-21-. The lowest BCUT2D eigenvalue weighted by Crippen LogP contribution is -2.40. The van der Waals surface area contributed by atoms with Gasteiger partial charge in [0.25, 0.3) is 5.91 Å². The predicted octanol–water partition coefficient (Wildman–Crippen LogP) is 2.15. The molecular weight excluding hydrogens is 411 g/mol. The zero-order valence-electron chi connectivity index (χ0n) is 18.3. The number of aromatic nitrogens is 2. The van der Waals surface area contributed by atoms with Crippen LogP contribution >= 0.6 is 0 Å². The van der Waals surface area contributed by atoms with Crippen LogP contribution in [0, 0.1) is 5.92 Å². The molecule has 8 nitrogen and oxygen atoms in total. The second-order valence-electron chi connectivity index (χ2n) is 8.97. The Morgan fingerprint density at radius 2 is 2.19 bits per heavy atom. The molecule has 1 saturated carbocycles. The van der Waals surface area contributed by atoms with Gasteiger partial charge in [-0.05, 0) is 48.8 Å². The van der Waals surface area contributed by atoms with Gasteiger partial charge in [0.05, 0.1) is 12.1 Å². The van der Waals surface area contributed by atoms with Crippen LogP contribution in [0.1, 0.15) is 41.1 Å². The van der Waals surface area contributed by atoms with Crippen LogP contribution in [0.5, 0.6) is 0 Å². The molecule has 0 N–H and O–H groups in total. The van der Waals surface area contributed by atoms with Gasteiger partial charge in [0.1, 0.15) is 12.0 Å². The largest absolute Gasteiger partial charge is 0.336 e. The van der Waals surface area contributed by atoms with Crippen molar-refractivity contribution in [3.8, 4) is 0 Å². The number of rotatable bonds is 4. The van der Waals surface area contributed by atoms with Gasteiger partial charge in [0.2, 0.25) is 6.41 Å². The van der Waals surface area contributed by atoms with E-state index in [4.69, 9.17) is 4.98 Å². The van der Waals surface area contributed by atoms with Crippen molar-refractivity contribution >= 4 is 23.8 Å². The molecular formula is C23H27FN6O2. The van der Waals surface area contributed by atoms with Crippen LogP contribution in [0.25, 0.3) is 0 Å². The average molecular weight is 439 g/mol. The van der Waals surface area contributed by atoms with Crippen LogP contribution in [-0.4, -0.2) is 64.6 Å². The number of hydrogen-bond acceptors (Lipinski definition) is 5. The van der Waals surface area contributed by atoms with Gasteiger partial charge in [-0.2, -0.15) is 5.10 Å². The zero-order chi connectivity index (χ0) is 22.4. The molecule has 32 heavy (non-hydrogen) atoms. The number of halogens is 1. The normalized spacial score (nSPS) is 24.6. The van der Waals surface area contributed by atoms with Crippen molar-refractivity contribution in [3.63, 3.8) is 0 Å². The molecule has 9 heteroatoms. The fourth-order valence-corrected chi connectivity index (χ4v) is 4.76. The number of alkyl halides is 1. The third kappa shape index (κ3) is 3.76. The van der Waals surface area contributed by atoms with Crippen molar-refractivity contribution < 1.29 is 14.0 Å². The fraction of sp³-hybridized carbons (Fsp3) is 0.478. The Labute approximate surface area is 185 Å². The molecule has 3 unspecified atom stereocenters. The molecule has 1 aliphatic carbocycles. The number of carbonyl (C=O) groups is 2. The molecule has 2 amide bonds.